The molecule has 5 heteroatoms. The van der Waals surface area contributed by atoms with E-state index in [1.165, 1.54) is 12.8 Å². The molecule has 0 fully saturated rings. The Kier molecular flexibility index (Phi) is 8.04. The van der Waals surface area contributed by atoms with E-state index in [1.807, 2.05) is 24.3 Å². The van der Waals surface area contributed by atoms with Gasteiger partial charge in [-0.3, -0.25) is 9.79 Å². The Morgan fingerprint density at radius 1 is 1.14 bits per heavy atom. The average Bonchev–Trinajstić information content (AvgIpc) is 2.58. The molecule has 0 aliphatic heterocycles. The second-order valence-electron chi connectivity index (χ2n) is 5.27. The van der Waals surface area contributed by atoms with Crippen LogP contribution < -0.4 is 16.0 Å². The molecule has 1 aromatic rings. The molecule has 0 bridgehead atoms. The van der Waals surface area contributed by atoms with E-state index in [9.17, 15) is 4.79 Å². The average molecular weight is 304 g/mol. The van der Waals surface area contributed by atoms with Crippen molar-refractivity contribution in [3.8, 4) is 0 Å². The number of carbonyl (C=O) groups is 1. The molecule has 0 heterocycles. The zero-order valence-electron chi connectivity index (χ0n) is 14.1. The highest BCUT2D eigenvalue weighted by Gasteiger charge is 2.05. The molecule has 22 heavy (non-hydrogen) atoms. The van der Waals surface area contributed by atoms with Gasteiger partial charge in [0.05, 0.1) is 0 Å². The predicted molar refractivity (Wildman–Crippen MR) is 92.1 cm³/mol. The van der Waals surface area contributed by atoms with Crippen molar-refractivity contribution in [3.63, 3.8) is 0 Å². The van der Waals surface area contributed by atoms with Crippen molar-refractivity contribution in [2.24, 2.45) is 10.9 Å². The van der Waals surface area contributed by atoms with Gasteiger partial charge in [0.25, 0.3) is 5.91 Å². The highest BCUT2D eigenvalue weighted by molar-refractivity contribution is 5.93. The number of benzene rings is 1. The highest BCUT2D eigenvalue weighted by atomic mass is 16.1. The minimum absolute atomic E-state index is 0.0674. The maximum atomic E-state index is 11.5. The number of aliphatic imine (C=N–C) groups is 1. The normalized spacial score (nSPS) is 11.4. The summed E-state index contributed by atoms with van der Waals surface area (Å²) in [6.45, 7) is 6.03. The number of nitrogens with zero attached hydrogens (tertiary/aromatic N) is 1. The van der Waals surface area contributed by atoms with Crippen LogP contribution in [0.4, 0.5) is 0 Å². The topological polar surface area (TPSA) is 65.5 Å². The van der Waals surface area contributed by atoms with E-state index in [-0.39, 0.29) is 5.91 Å². The summed E-state index contributed by atoms with van der Waals surface area (Å²) < 4.78 is 0. The number of carbonyl (C=O) groups excluding carboxylic acids is 1. The van der Waals surface area contributed by atoms with E-state index < -0.39 is 0 Å². The Hall–Kier alpha value is -2.04. The first-order valence-corrected chi connectivity index (χ1v) is 7.90. The second-order valence-corrected chi connectivity index (χ2v) is 5.27. The summed E-state index contributed by atoms with van der Waals surface area (Å²) in [4.78, 5) is 15.7. The largest absolute Gasteiger partial charge is 0.356 e. The van der Waals surface area contributed by atoms with E-state index in [4.69, 9.17) is 0 Å². The summed E-state index contributed by atoms with van der Waals surface area (Å²) in [5, 5.41) is 9.26. The number of rotatable bonds is 7. The van der Waals surface area contributed by atoms with Crippen LogP contribution in [0.5, 0.6) is 0 Å². The molecule has 1 rings (SSSR count). The lowest BCUT2D eigenvalue weighted by Crippen LogP contribution is -2.39. The summed E-state index contributed by atoms with van der Waals surface area (Å²) in [5.74, 6) is 1.41. The fourth-order valence-corrected chi connectivity index (χ4v) is 2.14. The molecule has 1 aromatic carbocycles. The Morgan fingerprint density at radius 2 is 1.77 bits per heavy atom. The number of nitrogens with one attached hydrogen (secondary N) is 3. The van der Waals surface area contributed by atoms with Crippen molar-refractivity contribution in [1.29, 1.82) is 0 Å². The van der Waals surface area contributed by atoms with Crippen LogP contribution in [0.25, 0.3) is 0 Å². The van der Waals surface area contributed by atoms with Gasteiger partial charge in [0.15, 0.2) is 5.96 Å². The maximum absolute atomic E-state index is 11.5. The maximum Gasteiger partial charge on any atom is 0.251 e. The van der Waals surface area contributed by atoms with E-state index in [0.717, 1.165) is 18.1 Å². The molecule has 0 aliphatic rings. The molecule has 0 atom stereocenters. The molecule has 1 amide bonds. The van der Waals surface area contributed by atoms with E-state index >= 15 is 0 Å². The van der Waals surface area contributed by atoms with Crippen molar-refractivity contribution >= 4 is 11.9 Å². The monoisotopic (exact) mass is 304 g/mol. The number of amides is 1. The van der Waals surface area contributed by atoms with Gasteiger partial charge in [0.1, 0.15) is 0 Å². The van der Waals surface area contributed by atoms with Crippen LogP contribution in [-0.4, -0.2) is 32.5 Å². The van der Waals surface area contributed by atoms with Crippen molar-refractivity contribution < 1.29 is 4.79 Å². The van der Waals surface area contributed by atoms with Gasteiger partial charge in [-0.1, -0.05) is 38.8 Å². The van der Waals surface area contributed by atoms with E-state index in [1.54, 1.807) is 14.1 Å². The zero-order chi connectivity index (χ0) is 16.4. The highest BCUT2D eigenvalue weighted by Crippen LogP contribution is 2.06. The summed E-state index contributed by atoms with van der Waals surface area (Å²) >= 11 is 0. The van der Waals surface area contributed by atoms with Crippen LogP contribution in [0.15, 0.2) is 29.3 Å². The first-order valence-electron chi connectivity index (χ1n) is 7.90. The fourth-order valence-electron chi connectivity index (χ4n) is 2.14. The first-order chi connectivity index (χ1) is 10.6. The smallest absolute Gasteiger partial charge is 0.251 e. The Morgan fingerprint density at radius 3 is 2.27 bits per heavy atom. The van der Waals surface area contributed by atoms with Gasteiger partial charge in [0.2, 0.25) is 0 Å². The third kappa shape index (κ3) is 5.76. The second kappa shape index (κ2) is 9.82. The minimum atomic E-state index is -0.0674. The molecule has 0 saturated carbocycles. The van der Waals surface area contributed by atoms with Gasteiger partial charge in [-0.05, 0) is 23.6 Å². The zero-order valence-corrected chi connectivity index (χ0v) is 14.1. The molecule has 3 N–H and O–H groups in total. The third-order valence-corrected chi connectivity index (χ3v) is 3.84. The Balaban J connectivity index is 2.48. The molecule has 0 aromatic heterocycles. The molecule has 0 radical (unpaired) electrons. The number of guanidine groups is 1. The van der Waals surface area contributed by atoms with Crippen molar-refractivity contribution in [2.75, 3.05) is 20.6 Å². The van der Waals surface area contributed by atoms with Crippen molar-refractivity contribution in [1.82, 2.24) is 16.0 Å². The summed E-state index contributed by atoms with van der Waals surface area (Å²) in [6.07, 6.45) is 2.34. The van der Waals surface area contributed by atoms with E-state index in [2.05, 4.69) is 34.8 Å². The molecule has 0 saturated heterocycles. The van der Waals surface area contributed by atoms with Gasteiger partial charge >= 0.3 is 0 Å². The summed E-state index contributed by atoms with van der Waals surface area (Å²) in [6, 6.07) is 7.56. The van der Waals surface area contributed by atoms with Crippen LogP contribution in [0.1, 0.15) is 42.6 Å². The van der Waals surface area contributed by atoms with Crippen LogP contribution >= 0.6 is 0 Å². The molecular formula is C17H28N4O. The Bertz CT molecular complexity index is 478. The molecule has 0 aliphatic carbocycles. The van der Waals surface area contributed by atoms with Gasteiger partial charge < -0.3 is 16.0 Å². The van der Waals surface area contributed by atoms with Gasteiger partial charge in [-0.15, -0.1) is 0 Å². The van der Waals surface area contributed by atoms with Gasteiger partial charge in [0, 0.05) is 32.7 Å². The standard InChI is InChI=1S/C17H28N4O/c1-5-13(6-2)11-20-17(19-4)21-12-14-7-9-15(10-8-14)16(22)18-3/h7-10,13H,5-6,11-12H2,1-4H3,(H,18,22)(H2,19,20,21). The van der Waals surface area contributed by atoms with Crippen molar-refractivity contribution in [3.05, 3.63) is 35.4 Å². The fraction of sp³-hybridized carbons (Fsp3) is 0.529. The lowest BCUT2D eigenvalue weighted by atomic mass is 10.0. The quantitative estimate of drug-likeness (QED) is 0.534. The number of hydrogen-bond donors (Lipinski definition) is 3. The minimum Gasteiger partial charge on any atom is -0.356 e. The van der Waals surface area contributed by atoms with Crippen LogP contribution in [0.2, 0.25) is 0 Å². The molecule has 0 spiro atoms. The molecule has 122 valence electrons. The van der Waals surface area contributed by atoms with E-state index in [0.29, 0.717) is 18.0 Å². The number of hydrogen-bond acceptors (Lipinski definition) is 2. The Labute approximate surface area is 133 Å². The predicted octanol–water partition coefficient (Wildman–Crippen LogP) is 2.15. The lowest BCUT2D eigenvalue weighted by Gasteiger charge is -2.16. The van der Waals surface area contributed by atoms with Gasteiger partial charge in [-0.25, -0.2) is 0 Å². The molecular weight excluding hydrogens is 276 g/mol. The molecule has 0 unspecified atom stereocenters. The summed E-state index contributed by atoms with van der Waals surface area (Å²) in [5.41, 5.74) is 1.78. The van der Waals surface area contributed by atoms with Crippen LogP contribution in [-0.2, 0) is 6.54 Å². The third-order valence-electron chi connectivity index (χ3n) is 3.84. The first kappa shape index (κ1) is 18.0. The van der Waals surface area contributed by atoms with Crippen LogP contribution in [0.3, 0.4) is 0 Å². The SMILES string of the molecule is CCC(CC)CNC(=NC)NCc1ccc(C(=O)NC)cc1. The molecule has 5 nitrogen and oxygen atoms in total. The lowest BCUT2D eigenvalue weighted by molar-refractivity contribution is 0.0963. The summed E-state index contributed by atoms with van der Waals surface area (Å²) in [7, 11) is 3.41. The van der Waals surface area contributed by atoms with Gasteiger partial charge in [-0.2, -0.15) is 0 Å². The van der Waals surface area contributed by atoms with Crippen molar-refractivity contribution in [2.45, 2.75) is 33.2 Å². The van der Waals surface area contributed by atoms with Crippen LogP contribution in [0, 0.1) is 5.92 Å².